The molecule has 0 aliphatic heterocycles. The molecule has 0 bridgehead atoms. The molecule has 0 heterocycles. The minimum atomic E-state index is -0.109. The van der Waals surface area contributed by atoms with Crippen LogP contribution >= 0.6 is 12.4 Å². The van der Waals surface area contributed by atoms with Crippen LogP contribution in [0, 0.1) is 17.2 Å². The average Bonchev–Trinajstić information content (AvgIpc) is 2.25. The van der Waals surface area contributed by atoms with Gasteiger partial charge in [-0.3, -0.25) is 10.2 Å². The predicted molar refractivity (Wildman–Crippen MR) is 64.6 cm³/mol. The normalized spacial score (nSPS) is 24.1. The number of carbonyl (C=O) groups excluding carboxylic acids is 1. The number of nitrogens with two attached hydrogens (primary N) is 1. The number of rotatable bonds is 3. The quantitative estimate of drug-likeness (QED) is 0.393. The molecular formula is C10H20ClN3O2. The summed E-state index contributed by atoms with van der Waals surface area (Å²) in [5.74, 6) is 0.340. The fourth-order valence-corrected chi connectivity index (χ4v) is 2.11. The van der Waals surface area contributed by atoms with Crippen LogP contribution in [0.15, 0.2) is 0 Å². The number of esters is 1. The van der Waals surface area contributed by atoms with E-state index in [0.717, 1.165) is 25.7 Å². The summed E-state index contributed by atoms with van der Waals surface area (Å²) in [6.45, 7) is 0.683. The van der Waals surface area contributed by atoms with Gasteiger partial charge in [-0.25, -0.2) is 0 Å². The van der Waals surface area contributed by atoms with Crippen molar-refractivity contribution in [3.63, 3.8) is 0 Å². The summed E-state index contributed by atoms with van der Waals surface area (Å²) in [5.41, 5.74) is 5.21. The number of hydrogen-bond donors (Lipinski definition) is 3. The van der Waals surface area contributed by atoms with Gasteiger partial charge in [-0.2, -0.15) is 0 Å². The van der Waals surface area contributed by atoms with Crippen LogP contribution in [0.25, 0.3) is 0 Å². The lowest BCUT2D eigenvalue weighted by Crippen LogP contribution is -2.36. The van der Waals surface area contributed by atoms with Crippen molar-refractivity contribution in [2.45, 2.75) is 25.7 Å². The molecule has 1 fully saturated rings. The van der Waals surface area contributed by atoms with E-state index in [1.54, 1.807) is 0 Å². The van der Waals surface area contributed by atoms with Crippen molar-refractivity contribution in [2.24, 2.45) is 17.6 Å². The van der Waals surface area contributed by atoms with Gasteiger partial charge in [0.15, 0.2) is 5.96 Å². The zero-order valence-corrected chi connectivity index (χ0v) is 10.3. The molecular weight excluding hydrogens is 230 g/mol. The summed E-state index contributed by atoms with van der Waals surface area (Å²) in [4.78, 5) is 11.3. The van der Waals surface area contributed by atoms with E-state index >= 15 is 0 Å². The van der Waals surface area contributed by atoms with E-state index in [2.05, 4.69) is 5.32 Å². The Kier molecular flexibility index (Phi) is 6.88. The highest BCUT2D eigenvalue weighted by atomic mass is 35.5. The van der Waals surface area contributed by atoms with Crippen molar-refractivity contribution in [3.8, 4) is 0 Å². The molecule has 0 radical (unpaired) electrons. The third-order valence-electron chi connectivity index (χ3n) is 2.90. The van der Waals surface area contributed by atoms with Crippen molar-refractivity contribution < 1.29 is 9.53 Å². The average molecular weight is 250 g/mol. The molecule has 0 amide bonds. The van der Waals surface area contributed by atoms with E-state index in [1.807, 2.05) is 0 Å². The SMILES string of the molecule is COC(=O)[C@@H]1CCC[C@H](CNC(=N)N)C1.Cl. The van der Waals surface area contributed by atoms with Gasteiger partial charge in [-0.1, -0.05) is 6.42 Å². The summed E-state index contributed by atoms with van der Waals surface area (Å²) in [5, 5.41) is 9.86. The van der Waals surface area contributed by atoms with Crippen molar-refractivity contribution in [2.75, 3.05) is 13.7 Å². The molecule has 1 aliphatic rings. The maximum atomic E-state index is 11.3. The molecule has 4 N–H and O–H groups in total. The number of hydrogen-bond acceptors (Lipinski definition) is 3. The molecule has 5 nitrogen and oxygen atoms in total. The van der Waals surface area contributed by atoms with Gasteiger partial charge in [0, 0.05) is 6.54 Å². The minimum absolute atomic E-state index is 0. The summed E-state index contributed by atoms with van der Waals surface area (Å²) in [6.07, 6.45) is 3.90. The van der Waals surface area contributed by atoms with E-state index in [9.17, 15) is 4.79 Å². The predicted octanol–water partition coefficient (Wildman–Crippen LogP) is 0.871. The van der Waals surface area contributed by atoms with Crippen LogP contribution in [-0.4, -0.2) is 25.6 Å². The Morgan fingerprint density at radius 2 is 2.25 bits per heavy atom. The first kappa shape index (κ1) is 15.0. The number of nitrogens with one attached hydrogen (secondary N) is 2. The van der Waals surface area contributed by atoms with Crippen molar-refractivity contribution in [1.82, 2.24) is 5.32 Å². The molecule has 0 aromatic rings. The molecule has 2 atom stereocenters. The standard InChI is InChI=1S/C10H19N3O2.ClH/c1-15-9(14)8-4-2-3-7(5-8)6-13-10(11)12;/h7-8H,2-6H2,1H3,(H4,11,12,13);1H/t7-,8+;/m0./s1. The van der Waals surface area contributed by atoms with Gasteiger partial charge in [0.1, 0.15) is 0 Å². The number of methoxy groups -OCH3 is 1. The Morgan fingerprint density at radius 1 is 1.56 bits per heavy atom. The van der Waals surface area contributed by atoms with Gasteiger partial charge in [0.2, 0.25) is 0 Å². The fourth-order valence-electron chi connectivity index (χ4n) is 2.11. The van der Waals surface area contributed by atoms with E-state index in [-0.39, 0.29) is 30.3 Å². The lowest BCUT2D eigenvalue weighted by Gasteiger charge is -2.27. The molecule has 1 saturated carbocycles. The summed E-state index contributed by atoms with van der Waals surface area (Å²) < 4.78 is 4.74. The van der Waals surface area contributed by atoms with Crippen molar-refractivity contribution >= 4 is 24.3 Å². The Labute approximate surface area is 102 Å². The van der Waals surface area contributed by atoms with Gasteiger partial charge in [0.25, 0.3) is 0 Å². The zero-order chi connectivity index (χ0) is 11.3. The van der Waals surface area contributed by atoms with Crippen LogP contribution < -0.4 is 11.1 Å². The van der Waals surface area contributed by atoms with Gasteiger partial charge in [0.05, 0.1) is 13.0 Å². The molecule has 0 unspecified atom stereocenters. The molecule has 94 valence electrons. The Morgan fingerprint density at radius 3 is 2.81 bits per heavy atom. The van der Waals surface area contributed by atoms with E-state index in [4.69, 9.17) is 15.9 Å². The van der Waals surface area contributed by atoms with Gasteiger partial charge < -0.3 is 15.8 Å². The van der Waals surface area contributed by atoms with Gasteiger partial charge >= 0.3 is 5.97 Å². The van der Waals surface area contributed by atoms with Crippen LogP contribution in [0.3, 0.4) is 0 Å². The maximum absolute atomic E-state index is 11.3. The monoisotopic (exact) mass is 249 g/mol. The molecule has 1 aliphatic carbocycles. The Bertz CT molecular complexity index is 248. The van der Waals surface area contributed by atoms with Gasteiger partial charge in [-0.15, -0.1) is 12.4 Å². The maximum Gasteiger partial charge on any atom is 0.308 e. The second kappa shape index (κ2) is 7.33. The highest BCUT2D eigenvalue weighted by Gasteiger charge is 2.27. The first-order valence-electron chi connectivity index (χ1n) is 5.29. The number of carbonyl (C=O) groups is 1. The number of guanidine groups is 1. The minimum Gasteiger partial charge on any atom is -0.469 e. The molecule has 6 heteroatoms. The van der Waals surface area contributed by atoms with Crippen molar-refractivity contribution in [3.05, 3.63) is 0 Å². The fraction of sp³-hybridized carbons (Fsp3) is 0.800. The summed E-state index contributed by atoms with van der Waals surface area (Å²) in [6, 6.07) is 0. The van der Waals surface area contributed by atoms with Gasteiger partial charge in [-0.05, 0) is 25.2 Å². The number of halogens is 1. The van der Waals surface area contributed by atoms with Crippen LogP contribution in [0.1, 0.15) is 25.7 Å². The third-order valence-corrected chi connectivity index (χ3v) is 2.90. The second-order valence-electron chi connectivity index (χ2n) is 4.05. The van der Waals surface area contributed by atoms with Crippen LogP contribution in [-0.2, 0) is 9.53 Å². The lowest BCUT2D eigenvalue weighted by atomic mass is 9.81. The highest BCUT2D eigenvalue weighted by Crippen LogP contribution is 2.29. The smallest absolute Gasteiger partial charge is 0.308 e. The Balaban J connectivity index is 0.00000225. The largest absolute Gasteiger partial charge is 0.469 e. The molecule has 1 rings (SSSR count). The molecule has 16 heavy (non-hydrogen) atoms. The first-order chi connectivity index (χ1) is 7.13. The van der Waals surface area contributed by atoms with E-state index in [1.165, 1.54) is 7.11 Å². The second-order valence-corrected chi connectivity index (χ2v) is 4.05. The molecule has 0 aromatic carbocycles. The zero-order valence-electron chi connectivity index (χ0n) is 9.49. The van der Waals surface area contributed by atoms with Crippen LogP contribution in [0.2, 0.25) is 0 Å². The number of ether oxygens (including phenoxy) is 1. The summed E-state index contributed by atoms with van der Waals surface area (Å²) >= 11 is 0. The van der Waals surface area contributed by atoms with E-state index in [0.29, 0.717) is 12.5 Å². The van der Waals surface area contributed by atoms with Crippen LogP contribution in [0.5, 0.6) is 0 Å². The first-order valence-corrected chi connectivity index (χ1v) is 5.29. The van der Waals surface area contributed by atoms with Crippen molar-refractivity contribution in [1.29, 1.82) is 5.41 Å². The lowest BCUT2D eigenvalue weighted by molar-refractivity contribution is -0.147. The van der Waals surface area contributed by atoms with Crippen LogP contribution in [0.4, 0.5) is 0 Å². The van der Waals surface area contributed by atoms with E-state index < -0.39 is 0 Å². The molecule has 0 spiro atoms. The molecule has 0 saturated heterocycles. The Hall–Kier alpha value is -0.970. The third kappa shape index (κ3) is 4.70. The topological polar surface area (TPSA) is 88.2 Å². The highest BCUT2D eigenvalue weighted by molar-refractivity contribution is 5.85. The molecule has 0 aromatic heterocycles. The summed E-state index contributed by atoms with van der Waals surface area (Å²) in [7, 11) is 1.43.